The van der Waals surface area contributed by atoms with E-state index in [-0.39, 0.29) is 0 Å². The standard InChI is InChI=1S/C24H16Cl2N4OS/c1-32-16-8-5-14(6-9-16)19-13-20(28-24(31)27-19)23-22(17-10-7-15(25)12-18(17)26)29-21-4-2-3-11-30(21)23/h2-13H,1H3,(H,27,28,31). The SMILES string of the molecule is CSc1ccc(-c2cc(-c3c(-c4ccc(Cl)cc4Cl)nc4ccccn34)[nH]c(=O)n2)cc1. The number of thioether (sulfide) groups is 1. The Hall–Kier alpha value is -3.06. The summed E-state index contributed by atoms with van der Waals surface area (Å²) >= 11 is 14.3. The molecule has 5 rings (SSSR count). The van der Waals surface area contributed by atoms with E-state index in [0.717, 1.165) is 21.7 Å². The lowest BCUT2D eigenvalue weighted by Gasteiger charge is -2.09. The predicted molar refractivity (Wildman–Crippen MR) is 132 cm³/mol. The molecule has 0 atom stereocenters. The van der Waals surface area contributed by atoms with Crippen LogP contribution in [-0.2, 0) is 0 Å². The third-order valence-electron chi connectivity index (χ3n) is 5.10. The van der Waals surface area contributed by atoms with E-state index in [1.165, 1.54) is 0 Å². The molecule has 158 valence electrons. The fraction of sp³-hybridized carbons (Fsp3) is 0.0417. The summed E-state index contributed by atoms with van der Waals surface area (Å²) < 4.78 is 1.92. The van der Waals surface area contributed by atoms with E-state index in [0.29, 0.717) is 32.8 Å². The highest BCUT2D eigenvalue weighted by Gasteiger charge is 2.20. The Morgan fingerprint density at radius 2 is 1.78 bits per heavy atom. The maximum absolute atomic E-state index is 12.6. The molecule has 0 spiro atoms. The van der Waals surface area contributed by atoms with Gasteiger partial charge in [-0.05, 0) is 54.8 Å². The maximum atomic E-state index is 12.6. The Bertz CT molecular complexity index is 1510. The second kappa shape index (κ2) is 8.47. The quantitative estimate of drug-likeness (QED) is 0.301. The van der Waals surface area contributed by atoms with Crippen molar-refractivity contribution in [2.45, 2.75) is 4.90 Å². The number of aromatic nitrogens is 4. The Kier molecular flexibility index (Phi) is 5.51. The second-order valence-electron chi connectivity index (χ2n) is 7.08. The van der Waals surface area contributed by atoms with E-state index in [1.54, 1.807) is 23.9 Å². The molecule has 0 aliphatic rings. The number of rotatable bonds is 4. The molecule has 0 fully saturated rings. The Morgan fingerprint density at radius 3 is 2.53 bits per heavy atom. The highest BCUT2D eigenvalue weighted by atomic mass is 35.5. The molecular formula is C24H16Cl2N4OS. The number of hydrogen-bond donors (Lipinski definition) is 1. The van der Waals surface area contributed by atoms with E-state index in [2.05, 4.69) is 9.97 Å². The largest absolute Gasteiger partial charge is 0.346 e. The van der Waals surface area contributed by atoms with Crippen LogP contribution in [0.3, 0.4) is 0 Å². The van der Waals surface area contributed by atoms with E-state index in [4.69, 9.17) is 28.2 Å². The molecule has 0 aliphatic heterocycles. The number of nitrogens with one attached hydrogen (secondary N) is 1. The van der Waals surface area contributed by atoms with Gasteiger partial charge in [0.2, 0.25) is 0 Å². The van der Waals surface area contributed by atoms with Crippen molar-refractivity contribution in [3.63, 3.8) is 0 Å². The molecule has 32 heavy (non-hydrogen) atoms. The first kappa shape index (κ1) is 20.8. The third kappa shape index (κ3) is 3.81. The van der Waals surface area contributed by atoms with Crippen LogP contribution in [0.15, 0.2) is 82.6 Å². The number of halogens is 2. The minimum absolute atomic E-state index is 0.439. The van der Waals surface area contributed by atoms with Gasteiger partial charge in [-0.2, -0.15) is 4.98 Å². The lowest BCUT2D eigenvalue weighted by atomic mass is 10.1. The first-order chi connectivity index (χ1) is 15.5. The van der Waals surface area contributed by atoms with Gasteiger partial charge >= 0.3 is 5.69 Å². The molecule has 1 N–H and O–H groups in total. The van der Waals surface area contributed by atoms with Gasteiger partial charge in [0.1, 0.15) is 11.3 Å². The number of pyridine rings is 1. The lowest BCUT2D eigenvalue weighted by Crippen LogP contribution is -2.12. The molecule has 0 amide bonds. The van der Waals surface area contributed by atoms with Crippen LogP contribution in [0.25, 0.3) is 39.5 Å². The zero-order valence-electron chi connectivity index (χ0n) is 16.8. The van der Waals surface area contributed by atoms with E-state index < -0.39 is 5.69 Å². The van der Waals surface area contributed by atoms with Gasteiger partial charge in [0, 0.05) is 27.2 Å². The molecular weight excluding hydrogens is 463 g/mol. The summed E-state index contributed by atoms with van der Waals surface area (Å²) in [5, 5.41) is 1.02. The fourth-order valence-electron chi connectivity index (χ4n) is 3.62. The molecule has 0 bridgehead atoms. The van der Waals surface area contributed by atoms with Crippen molar-refractivity contribution in [1.29, 1.82) is 0 Å². The van der Waals surface area contributed by atoms with Crippen LogP contribution in [0.1, 0.15) is 0 Å². The van der Waals surface area contributed by atoms with Crippen LogP contribution < -0.4 is 5.69 Å². The Morgan fingerprint density at radius 1 is 0.969 bits per heavy atom. The van der Waals surface area contributed by atoms with Crippen LogP contribution >= 0.6 is 35.0 Å². The molecule has 2 aromatic carbocycles. The average molecular weight is 479 g/mol. The number of nitrogens with zero attached hydrogens (tertiary/aromatic N) is 3. The smallest absolute Gasteiger partial charge is 0.304 e. The van der Waals surface area contributed by atoms with Crippen LogP contribution in [-0.4, -0.2) is 25.6 Å². The minimum atomic E-state index is -0.439. The van der Waals surface area contributed by atoms with Gasteiger partial charge in [-0.25, -0.2) is 9.78 Å². The Labute approximate surface area is 198 Å². The summed E-state index contributed by atoms with van der Waals surface area (Å²) in [6.07, 6.45) is 3.92. The number of benzene rings is 2. The van der Waals surface area contributed by atoms with Crippen molar-refractivity contribution in [2.75, 3.05) is 6.26 Å². The molecule has 0 radical (unpaired) electrons. The number of fused-ring (bicyclic) bond motifs is 1. The predicted octanol–water partition coefficient (Wildman–Crippen LogP) is 6.45. The molecule has 0 saturated carbocycles. The minimum Gasteiger partial charge on any atom is -0.304 e. The number of hydrogen-bond acceptors (Lipinski definition) is 4. The van der Waals surface area contributed by atoms with Crippen molar-refractivity contribution in [3.05, 3.63) is 93.5 Å². The molecule has 0 aliphatic carbocycles. The first-order valence-corrected chi connectivity index (χ1v) is 11.7. The summed E-state index contributed by atoms with van der Waals surface area (Å²) in [4.78, 5) is 25.6. The molecule has 0 saturated heterocycles. The normalized spacial score (nSPS) is 11.2. The summed E-state index contributed by atoms with van der Waals surface area (Å²) in [6, 6.07) is 20.8. The van der Waals surface area contributed by atoms with Crippen molar-refractivity contribution in [1.82, 2.24) is 19.4 Å². The van der Waals surface area contributed by atoms with E-state index in [9.17, 15) is 4.79 Å². The van der Waals surface area contributed by atoms with Crippen LogP contribution in [0.4, 0.5) is 0 Å². The van der Waals surface area contributed by atoms with Gasteiger partial charge in [-0.3, -0.25) is 4.40 Å². The molecule has 5 aromatic rings. The fourth-order valence-corrected chi connectivity index (χ4v) is 4.52. The van der Waals surface area contributed by atoms with Crippen molar-refractivity contribution in [2.24, 2.45) is 0 Å². The monoisotopic (exact) mass is 478 g/mol. The van der Waals surface area contributed by atoms with Gasteiger partial charge in [-0.1, -0.05) is 41.4 Å². The lowest BCUT2D eigenvalue weighted by molar-refractivity contribution is 1.07. The van der Waals surface area contributed by atoms with Crippen molar-refractivity contribution < 1.29 is 0 Å². The summed E-state index contributed by atoms with van der Waals surface area (Å²) in [7, 11) is 0. The molecule has 0 unspecified atom stereocenters. The Balaban J connectivity index is 1.76. The number of imidazole rings is 1. The van der Waals surface area contributed by atoms with Crippen LogP contribution in [0.2, 0.25) is 10.0 Å². The molecule has 3 aromatic heterocycles. The zero-order chi connectivity index (χ0) is 22.2. The van der Waals surface area contributed by atoms with Gasteiger partial charge in [0.15, 0.2) is 0 Å². The topological polar surface area (TPSA) is 63.1 Å². The third-order valence-corrected chi connectivity index (χ3v) is 6.39. The second-order valence-corrected chi connectivity index (χ2v) is 8.80. The highest BCUT2D eigenvalue weighted by molar-refractivity contribution is 7.98. The van der Waals surface area contributed by atoms with Gasteiger partial charge in [0.05, 0.1) is 22.1 Å². The summed E-state index contributed by atoms with van der Waals surface area (Å²) in [6.45, 7) is 0. The van der Waals surface area contributed by atoms with E-state index in [1.807, 2.05) is 71.5 Å². The summed E-state index contributed by atoms with van der Waals surface area (Å²) in [5.41, 5.74) is 4.39. The summed E-state index contributed by atoms with van der Waals surface area (Å²) in [5.74, 6) is 0. The molecule has 5 nitrogen and oxygen atoms in total. The van der Waals surface area contributed by atoms with Crippen LogP contribution in [0.5, 0.6) is 0 Å². The van der Waals surface area contributed by atoms with Gasteiger partial charge < -0.3 is 4.98 Å². The zero-order valence-corrected chi connectivity index (χ0v) is 19.2. The van der Waals surface area contributed by atoms with Gasteiger partial charge in [0.25, 0.3) is 0 Å². The van der Waals surface area contributed by atoms with Crippen molar-refractivity contribution >= 4 is 40.6 Å². The van der Waals surface area contributed by atoms with Crippen molar-refractivity contribution in [3.8, 4) is 33.9 Å². The van der Waals surface area contributed by atoms with E-state index >= 15 is 0 Å². The molecule has 3 heterocycles. The first-order valence-electron chi connectivity index (χ1n) is 9.72. The number of H-pyrrole nitrogens is 1. The highest BCUT2D eigenvalue weighted by Crippen LogP contribution is 2.37. The maximum Gasteiger partial charge on any atom is 0.346 e. The average Bonchev–Trinajstić information content (AvgIpc) is 3.18. The molecule has 8 heteroatoms. The van der Waals surface area contributed by atoms with Crippen LogP contribution in [0, 0.1) is 0 Å². The number of aromatic amines is 1. The van der Waals surface area contributed by atoms with Gasteiger partial charge in [-0.15, -0.1) is 11.8 Å².